The lowest BCUT2D eigenvalue weighted by Crippen LogP contribution is -2.31. The molecule has 0 aromatic heterocycles. The fraction of sp³-hybridized carbons (Fsp3) is 0.217. The van der Waals surface area contributed by atoms with E-state index in [1.54, 1.807) is 0 Å². The average molecular weight is 414 g/mol. The summed E-state index contributed by atoms with van der Waals surface area (Å²) in [6.45, 7) is 1.84. The number of halogens is 2. The van der Waals surface area contributed by atoms with E-state index in [0.29, 0.717) is 10.9 Å². The molecule has 1 nitrogen and oxygen atoms in total. The highest BCUT2D eigenvalue weighted by Crippen LogP contribution is 2.38. The molecule has 1 aliphatic heterocycles. The summed E-state index contributed by atoms with van der Waals surface area (Å²) in [5.74, 6) is 1.28. The number of hydrogen-bond acceptors (Lipinski definition) is 2. The van der Waals surface area contributed by atoms with E-state index in [-0.39, 0.29) is 0 Å². The molecule has 3 aromatic carbocycles. The van der Waals surface area contributed by atoms with E-state index in [1.807, 2.05) is 17.8 Å². The van der Waals surface area contributed by atoms with Gasteiger partial charge in [-0.05, 0) is 53.6 Å². The summed E-state index contributed by atoms with van der Waals surface area (Å²) in [5.41, 5.74) is 5.11. The summed E-state index contributed by atoms with van der Waals surface area (Å²) < 4.78 is 0. The predicted octanol–water partition coefficient (Wildman–Crippen LogP) is 6.86. The van der Waals surface area contributed by atoms with Gasteiger partial charge in [0.1, 0.15) is 0 Å². The Balaban J connectivity index is 1.56. The molecule has 27 heavy (non-hydrogen) atoms. The molecule has 0 amide bonds. The largest absolute Gasteiger partial charge is 0.301 e. The van der Waals surface area contributed by atoms with Crippen molar-refractivity contribution in [1.29, 1.82) is 0 Å². The van der Waals surface area contributed by atoms with Crippen molar-refractivity contribution in [2.75, 3.05) is 13.6 Å². The average Bonchev–Trinajstić information content (AvgIpc) is 2.68. The highest BCUT2D eigenvalue weighted by Gasteiger charge is 2.26. The van der Waals surface area contributed by atoms with E-state index < -0.39 is 0 Å². The van der Waals surface area contributed by atoms with Crippen LogP contribution in [0.15, 0.2) is 71.6 Å². The van der Waals surface area contributed by atoms with Gasteiger partial charge in [-0.3, -0.25) is 0 Å². The third-order valence-electron chi connectivity index (χ3n) is 5.02. The summed E-state index contributed by atoms with van der Waals surface area (Å²) in [6.07, 6.45) is 0. The summed E-state index contributed by atoms with van der Waals surface area (Å²) >= 11 is 14.6. The standard InChI is InChI=1S/C23H21Cl2NS/c1-26-13-21(20-11-18(24)12-23(25)22(20)14-26)17-7-9-19(10-8-17)27-15-16-5-3-2-4-6-16/h2-12,21H,13-15H2,1H3. The predicted molar refractivity (Wildman–Crippen MR) is 117 cm³/mol. The van der Waals surface area contributed by atoms with Crippen LogP contribution >= 0.6 is 35.0 Å². The molecular formula is C23H21Cl2NS. The van der Waals surface area contributed by atoms with Gasteiger partial charge in [0.25, 0.3) is 0 Å². The third kappa shape index (κ3) is 4.35. The van der Waals surface area contributed by atoms with Crippen molar-refractivity contribution < 1.29 is 0 Å². The highest BCUT2D eigenvalue weighted by molar-refractivity contribution is 7.98. The second kappa shape index (κ2) is 8.28. The van der Waals surface area contributed by atoms with Gasteiger partial charge < -0.3 is 4.90 Å². The Morgan fingerprint density at radius 2 is 1.74 bits per heavy atom. The fourth-order valence-electron chi connectivity index (χ4n) is 3.67. The van der Waals surface area contributed by atoms with Crippen LogP contribution in [-0.4, -0.2) is 18.5 Å². The number of thioether (sulfide) groups is 1. The van der Waals surface area contributed by atoms with Crippen molar-refractivity contribution in [2.45, 2.75) is 23.1 Å². The zero-order chi connectivity index (χ0) is 18.8. The summed E-state index contributed by atoms with van der Waals surface area (Å²) in [6, 6.07) is 23.4. The Morgan fingerprint density at radius 3 is 2.48 bits per heavy atom. The van der Waals surface area contributed by atoms with Crippen molar-refractivity contribution in [3.63, 3.8) is 0 Å². The Hall–Kier alpha value is -1.45. The van der Waals surface area contributed by atoms with Gasteiger partial charge in [0.05, 0.1) is 0 Å². The minimum absolute atomic E-state index is 0.295. The van der Waals surface area contributed by atoms with E-state index in [2.05, 4.69) is 72.6 Å². The third-order valence-corrected chi connectivity index (χ3v) is 6.66. The molecule has 1 unspecified atom stereocenters. The molecule has 1 atom stereocenters. The number of hydrogen-bond donors (Lipinski definition) is 0. The summed E-state index contributed by atoms with van der Waals surface area (Å²) in [4.78, 5) is 3.61. The van der Waals surface area contributed by atoms with Crippen LogP contribution < -0.4 is 0 Å². The number of rotatable bonds is 4. The number of likely N-dealkylation sites (N-methyl/N-ethyl adjacent to an activating group) is 1. The lowest BCUT2D eigenvalue weighted by atomic mass is 9.85. The van der Waals surface area contributed by atoms with Crippen molar-refractivity contribution in [2.24, 2.45) is 0 Å². The Kier molecular flexibility index (Phi) is 5.79. The number of nitrogens with zero attached hydrogens (tertiary/aromatic N) is 1. The zero-order valence-corrected chi connectivity index (χ0v) is 17.5. The van der Waals surface area contributed by atoms with Crippen LogP contribution in [0.2, 0.25) is 10.0 Å². The highest BCUT2D eigenvalue weighted by atomic mass is 35.5. The van der Waals surface area contributed by atoms with Crippen LogP contribution in [0.1, 0.15) is 28.2 Å². The molecular weight excluding hydrogens is 393 g/mol. The molecule has 0 N–H and O–H groups in total. The van der Waals surface area contributed by atoms with Gasteiger partial charge in [0.15, 0.2) is 0 Å². The first-order valence-corrected chi connectivity index (χ1v) is 10.8. The SMILES string of the molecule is CN1Cc2c(Cl)cc(Cl)cc2C(c2ccc(SCc3ccccc3)cc2)C1. The van der Waals surface area contributed by atoms with Crippen molar-refractivity contribution in [3.05, 3.63) is 99.0 Å². The molecule has 0 aliphatic carbocycles. The first-order valence-electron chi connectivity index (χ1n) is 9.03. The van der Waals surface area contributed by atoms with E-state index >= 15 is 0 Å². The first-order chi connectivity index (χ1) is 13.1. The van der Waals surface area contributed by atoms with E-state index in [4.69, 9.17) is 23.2 Å². The number of fused-ring (bicyclic) bond motifs is 1. The van der Waals surface area contributed by atoms with Gasteiger partial charge in [-0.2, -0.15) is 0 Å². The van der Waals surface area contributed by atoms with Crippen molar-refractivity contribution in [1.82, 2.24) is 4.90 Å². The Morgan fingerprint density at radius 1 is 1.00 bits per heavy atom. The molecule has 4 heteroatoms. The minimum Gasteiger partial charge on any atom is -0.301 e. The summed E-state index contributed by atoms with van der Waals surface area (Å²) in [5, 5.41) is 1.48. The van der Waals surface area contributed by atoms with Crippen molar-refractivity contribution in [3.8, 4) is 0 Å². The van der Waals surface area contributed by atoms with Gasteiger partial charge in [0.2, 0.25) is 0 Å². The molecule has 0 bridgehead atoms. The molecule has 0 spiro atoms. The lowest BCUT2D eigenvalue weighted by molar-refractivity contribution is 0.295. The van der Waals surface area contributed by atoms with Gasteiger partial charge in [-0.25, -0.2) is 0 Å². The van der Waals surface area contributed by atoms with Crippen LogP contribution in [0.4, 0.5) is 0 Å². The molecule has 4 rings (SSSR count). The molecule has 0 saturated heterocycles. The monoisotopic (exact) mass is 413 g/mol. The number of benzene rings is 3. The Labute approximate surface area is 175 Å². The van der Waals surface area contributed by atoms with Crippen LogP contribution in [0.3, 0.4) is 0 Å². The maximum Gasteiger partial charge on any atom is 0.0468 e. The van der Waals surface area contributed by atoms with E-state index in [1.165, 1.54) is 27.1 Å². The van der Waals surface area contributed by atoms with E-state index in [9.17, 15) is 0 Å². The molecule has 138 valence electrons. The lowest BCUT2D eigenvalue weighted by Gasteiger charge is -2.33. The second-order valence-electron chi connectivity index (χ2n) is 7.05. The summed E-state index contributed by atoms with van der Waals surface area (Å²) in [7, 11) is 2.14. The van der Waals surface area contributed by atoms with Crippen LogP contribution in [0.25, 0.3) is 0 Å². The maximum absolute atomic E-state index is 6.48. The fourth-order valence-corrected chi connectivity index (χ4v) is 5.09. The molecule has 3 aromatic rings. The van der Waals surface area contributed by atoms with E-state index in [0.717, 1.165) is 23.9 Å². The van der Waals surface area contributed by atoms with Crippen LogP contribution in [0.5, 0.6) is 0 Å². The molecule has 1 heterocycles. The van der Waals surface area contributed by atoms with Crippen LogP contribution in [-0.2, 0) is 12.3 Å². The quantitative estimate of drug-likeness (QED) is 0.429. The molecule has 0 saturated carbocycles. The Bertz CT molecular complexity index is 925. The van der Waals surface area contributed by atoms with Gasteiger partial charge in [-0.1, -0.05) is 65.7 Å². The van der Waals surface area contributed by atoms with Crippen LogP contribution in [0, 0.1) is 0 Å². The second-order valence-corrected chi connectivity index (χ2v) is 8.94. The minimum atomic E-state index is 0.295. The van der Waals surface area contributed by atoms with Crippen molar-refractivity contribution >= 4 is 35.0 Å². The topological polar surface area (TPSA) is 3.24 Å². The van der Waals surface area contributed by atoms with Gasteiger partial charge >= 0.3 is 0 Å². The zero-order valence-electron chi connectivity index (χ0n) is 15.2. The molecule has 0 radical (unpaired) electrons. The maximum atomic E-state index is 6.48. The smallest absolute Gasteiger partial charge is 0.0468 e. The van der Waals surface area contributed by atoms with Gasteiger partial charge in [0, 0.05) is 39.7 Å². The van der Waals surface area contributed by atoms with Gasteiger partial charge in [-0.15, -0.1) is 11.8 Å². The normalized spacial score (nSPS) is 16.9. The first kappa shape index (κ1) is 18.9. The molecule has 1 aliphatic rings. The molecule has 0 fully saturated rings.